The van der Waals surface area contributed by atoms with E-state index in [0.29, 0.717) is 18.0 Å². The zero-order chi connectivity index (χ0) is 17.0. The first kappa shape index (κ1) is 19.3. The van der Waals surface area contributed by atoms with E-state index in [9.17, 15) is 4.79 Å². The molecule has 0 heterocycles. The van der Waals surface area contributed by atoms with Crippen LogP contribution in [-0.2, 0) is 4.74 Å². The van der Waals surface area contributed by atoms with Gasteiger partial charge in [-0.2, -0.15) is 0 Å². The highest BCUT2D eigenvalue weighted by atomic mass is 16.6. The van der Waals surface area contributed by atoms with Crippen molar-refractivity contribution in [3.05, 3.63) is 0 Å². The van der Waals surface area contributed by atoms with Gasteiger partial charge in [0.25, 0.3) is 0 Å². The molecule has 0 aromatic carbocycles. The van der Waals surface area contributed by atoms with Crippen molar-refractivity contribution < 1.29 is 9.53 Å². The third kappa shape index (κ3) is 6.55. The largest absolute Gasteiger partial charge is 0.444 e. The maximum atomic E-state index is 12.1. The van der Waals surface area contributed by atoms with Gasteiger partial charge in [0.2, 0.25) is 0 Å². The Bertz CT molecular complexity index is 361. The molecule has 0 aromatic heterocycles. The van der Waals surface area contributed by atoms with E-state index in [1.807, 2.05) is 27.7 Å². The van der Waals surface area contributed by atoms with Crippen LogP contribution in [0.1, 0.15) is 67.7 Å². The number of carbonyl (C=O) groups excluding carboxylic acids is 1. The molecule has 1 fully saturated rings. The Balaban J connectivity index is 2.29. The SMILES string of the molecule is CCN(CCCNC1CC(C)(C)CC1C)C(=O)OC(C)(C)C. The van der Waals surface area contributed by atoms with Gasteiger partial charge in [0.1, 0.15) is 5.60 Å². The summed E-state index contributed by atoms with van der Waals surface area (Å²) in [6.07, 6.45) is 3.31. The fourth-order valence-corrected chi connectivity index (χ4v) is 3.43. The predicted octanol–water partition coefficient (Wildman–Crippen LogP) is 4.05. The zero-order valence-corrected chi connectivity index (χ0v) is 15.7. The lowest BCUT2D eigenvalue weighted by Gasteiger charge is -2.27. The number of hydrogen-bond acceptors (Lipinski definition) is 3. The van der Waals surface area contributed by atoms with Gasteiger partial charge in [-0.1, -0.05) is 20.8 Å². The van der Waals surface area contributed by atoms with Crippen molar-refractivity contribution in [2.75, 3.05) is 19.6 Å². The monoisotopic (exact) mass is 312 g/mol. The predicted molar refractivity (Wildman–Crippen MR) is 92.1 cm³/mol. The van der Waals surface area contributed by atoms with Crippen molar-refractivity contribution in [3.8, 4) is 0 Å². The molecular formula is C18H36N2O2. The van der Waals surface area contributed by atoms with Gasteiger partial charge in [0.15, 0.2) is 0 Å². The first-order valence-corrected chi connectivity index (χ1v) is 8.75. The number of nitrogens with one attached hydrogen (secondary N) is 1. The summed E-state index contributed by atoms with van der Waals surface area (Å²) < 4.78 is 5.43. The average molecular weight is 312 g/mol. The molecule has 4 nitrogen and oxygen atoms in total. The van der Waals surface area contributed by atoms with E-state index in [1.54, 1.807) is 4.90 Å². The molecule has 1 amide bonds. The molecule has 0 spiro atoms. The Morgan fingerprint density at radius 3 is 2.41 bits per heavy atom. The second-order valence-corrected chi connectivity index (χ2v) is 8.52. The Hall–Kier alpha value is -0.770. The third-order valence-corrected chi connectivity index (χ3v) is 4.38. The second-order valence-electron chi connectivity index (χ2n) is 8.52. The molecule has 4 heteroatoms. The normalized spacial score (nSPS) is 24.3. The van der Waals surface area contributed by atoms with Crippen LogP contribution in [0.25, 0.3) is 0 Å². The second kappa shape index (κ2) is 7.67. The van der Waals surface area contributed by atoms with Crippen molar-refractivity contribution in [1.29, 1.82) is 0 Å². The lowest BCUT2D eigenvalue weighted by molar-refractivity contribution is 0.0258. The lowest BCUT2D eigenvalue weighted by atomic mass is 9.91. The standard InChI is InChI=1S/C18H36N2O2/c1-8-20(16(21)22-17(3,4)5)11-9-10-19-15-13-18(6,7)12-14(15)2/h14-15,19H,8-13H2,1-7H3. The minimum Gasteiger partial charge on any atom is -0.444 e. The summed E-state index contributed by atoms with van der Waals surface area (Å²) >= 11 is 0. The molecule has 1 rings (SSSR count). The molecule has 130 valence electrons. The minimum atomic E-state index is -0.423. The molecule has 0 saturated heterocycles. The molecule has 0 radical (unpaired) electrons. The Labute approximate surface area is 137 Å². The molecule has 22 heavy (non-hydrogen) atoms. The van der Waals surface area contributed by atoms with Gasteiger partial charge in [-0.25, -0.2) is 4.79 Å². The van der Waals surface area contributed by atoms with Crippen LogP contribution < -0.4 is 5.32 Å². The van der Waals surface area contributed by atoms with Gasteiger partial charge in [-0.15, -0.1) is 0 Å². The van der Waals surface area contributed by atoms with E-state index in [1.165, 1.54) is 12.8 Å². The number of rotatable bonds is 6. The topological polar surface area (TPSA) is 41.6 Å². The number of ether oxygens (including phenoxy) is 1. The van der Waals surface area contributed by atoms with E-state index in [-0.39, 0.29) is 6.09 Å². The highest BCUT2D eigenvalue weighted by molar-refractivity contribution is 5.68. The van der Waals surface area contributed by atoms with Gasteiger partial charge < -0.3 is 15.0 Å². The molecule has 1 N–H and O–H groups in total. The highest BCUT2D eigenvalue weighted by Crippen LogP contribution is 2.40. The average Bonchev–Trinajstić information content (AvgIpc) is 2.60. The molecule has 0 aromatic rings. The van der Waals surface area contributed by atoms with Crippen molar-refractivity contribution in [1.82, 2.24) is 10.2 Å². The summed E-state index contributed by atoms with van der Waals surface area (Å²) in [5.41, 5.74) is 0.0384. The molecule has 1 saturated carbocycles. The Morgan fingerprint density at radius 2 is 1.95 bits per heavy atom. The quantitative estimate of drug-likeness (QED) is 0.752. The van der Waals surface area contributed by atoms with E-state index in [4.69, 9.17) is 4.74 Å². The van der Waals surface area contributed by atoms with Gasteiger partial charge in [-0.05, 0) is 64.8 Å². The fourth-order valence-electron chi connectivity index (χ4n) is 3.43. The number of carbonyl (C=O) groups is 1. The van der Waals surface area contributed by atoms with Crippen LogP contribution in [0.2, 0.25) is 0 Å². The molecule has 1 aliphatic carbocycles. The van der Waals surface area contributed by atoms with Gasteiger partial charge in [0, 0.05) is 19.1 Å². The molecule has 2 unspecified atom stereocenters. The highest BCUT2D eigenvalue weighted by Gasteiger charge is 2.36. The van der Waals surface area contributed by atoms with Gasteiger partial charge in [0.05, 0.1) is 0 Å². The Morgan fingerprint density at radius 1 is 1.32 bits per heavy atom. The van der Waals surface area contributed by atoms with Crippen LogP contribution in [0.15, 0.2) is 0 Å². The zero-order valence-electron chi connectivity index (χ0n) is 15.7. The summed E-state index contributed by atoms with van der Waals surface area (Å²) in [7, 11) is 0. The van der Waals surface area contributed by atoms with Crippen LogP contribution in [-0.4, -0.2) is 42.3 Å². The van der Waals surface area contributed by atoms with Gasteiger partial charge in [-0.3, -0.25) is 0 Å². The first-order valence-electron chi connectivity index (χ1n) is 8.75. The summed E-state index contributed by atoms with van der Waals surface area (Å²) in [5, 5.41) is 3.67. The lowest BCUT2D eigenvalue weighted by Crippen LogP contribution is -2.39. The van der Waals surface area contributed by atoms with Crippen LogP contribution in [0.4, 0.5) is 4.79 Å². The summed E-state index contributed by atoms with van der Waals surface area (Å²) in [5.74, 6) is 0.739. The van der Waals surface area contributed by atoms with Crippen molar-refractivity contribution in [3.63, 3.8) is 0 Å². The maximum Gasteiger partial charge on any atom is 0.410 e. The maximum absolute atomic E-state index is 12.1. The minimum absolute atomic E-state index is 0.203. The molecule has 2 atom stereocenters. The fraction of sp³-hybridized carbons (Fsp3) is 0.944. The van der Waals surface area contributed by atoms with Crippen LogP contribution in [0.5, 0.6) is 0 Å². The molecule has 0 aliphatic heterocycles. The Kier molecular flexibility index (Phi) is 6.72. The number of hydrogen-bond donors (Lipinski definition) is 1. The number of nitrogens with zero attached hydrogens (tertiary/aromatic N) is 1. The summed E-state index contributed by atoms with van der Waals surface area (Å²) in [6.45, 7) is 17.2. The smallest absolute Gasteiger partial charge is 0.410 e. The van der Waals surface area contributed by atoms with Crippen LogP contribution in [0, 0.1) is 11.3 Å². The van der Waals surface area contributed by atoms with E-state index >= 15 is 0 Å². The number of amides is 1. The van der Waals surface area contributed by atoms with Crippen LogP contribution in [0.3, 0.4) is 0 Å². The van der Waals surface area contributed by atoms with E-state index in [0.717, 1.165) is 25.4 Å². The van der Waals surface area contributed by atoms with E-state index in [2.05, 4.69) is 26.1 Å². The van der Waals surface area contributed by atoms with Gasteiger partial charge >= 0.3 is 6.09 Å². The van der Waals surface area contributed by atoms with E-state index < -0.39 is 5.60 Å². The molecular weight excluding hydrogens is 276 g/mol. The third-order valence-electron chi connectivity index (χ3n) is 4.38. The van der Waals surface area contributed by atoms with Crippen LogP contribution >= 0.6 is 0 Å². The first-order chi connectivity index (χ1) is 10.0. The van der Waals surface area contributed by atoms with Crippen molar-refractivity contribution in [2.24, 2.45) is 11.3 Å². The summed E-state index contributed by atoms with van der Waals surface area (Å²) in [6, 6.07) is 0.617. The van der Waals surface area contributed by atoms with Crippen molar-refractivity contribution >= 4 is 6.09 Å². The summed E-state index contributed by atoms with van der Waals surface area (Å²) in [4.78, 5) is 13.8. The molecule has 0 bridgehead atoms. The molecule has 1 aliphatic rings. The van der Waals surface area contributed by atoms with Crippen molar-refractivity contribution in [2.45, 2.75) is 79.4 Å².